The molecule has 21 heavy (non-hydrogen) atoms. The third-order valence-corrected chi connectivity index (χ3v) is 3.90. The first-order valence-electron chi connectivity index (χ1n) is 7.58. The van der Waals surface area contributed by atoms with Gasteiger partial charge < -0.3 is 20.3 Å². The molecule has 1 aliphatic rings. The normalized spacial score (nSPS) is 16.3. The number of anilines is 2. The Morgan fingerprint density at radius 2 is 2.10 bits per heavy atom. The maximum atomic E-state index is 8.93. The van der Waals surface area contributed by atoms with Crippen molar-refractivity contribution in [3.63, 3.8) is 0 Å². The first-order chi connectivity index (χ1) is 10.3. The lowest BCUT2D eigenvalue weighted by atomic mass is 9.95. The Kier molecular flexibility index (Phi) is 4.19. The number of hydrogen-bond acceptors (Lipinski definition) is 6. The van der Waals surface area contributed by atoms with Gasteiger partial charge in [-0.25, -0.2) is 4.98 Å². The molecule has 0 amide bonds. The van der Waals surface area contributed by atoms with Gasteiger partial charge in [-0.2, -0.15) is 9.97 Å². The summed E-state index contributed by atoms with van der Waals surface area (Å²) in [6.07, 6.45) is 7.97. The molecule has 0 radical (unpaired) electrons. The molecule has 2 heterocycles. The van der Waals surface area contributed by atoms with Crippen LogP contribution in [-0.4, -0.2) is 43.8 Å². The highest BCUT2D eigenvalue weighted by molar-refractivity contribution is 5.84. The Labute approximate surface area is 123 Å². The van der Waals surface area contributed by atoms with Crippen LogP contribution < -0.4 is 10.6 Å². The molecule has 114 valence electrons. The molecule has 3 rings (SSSR count). The van der Waals surface area contributed by atoms with Crippen molar-refractivity contribution in [3.8, 4) is 0 Å². The van der Waals surface area contributed by atoms with Gasteiger partial charge in [-0.3, -0.25) is 0 Å². The number of aliphatic hydroxyl groups excluding tert-OH is 1. The fourth-order valence-electron chi connectivity index (χ4n) is 2.79. The molecule has 0 unspecified atom stereocenters. The van der Waals surface area contributed by atoms with E-state index in [0.29, 0.717) is 18.5 Å². The Morgan fingerprint density at radius 3 is 2.86 bits per heavy atom. The number of aromatic nitrogens is 4. The largest absolute Gasteiger partial charge is 0.395 e. The fraction of sp³-hybridized carbons (Fsp3) is 0.643. The molecule has 0 spiro atoms. The fourth-order valence-corrected chi connectivity index (χ4v) is 2.79. The lowest BCUT2D eigenvalue weighted by molar-refractivity contribution is 0.311. The van der Waals surface area contributed by atoms with Gasteiger partial charge in [0.15, 0.2) is 17.0 Å². The van der Waals surface area contributed by atoms with Crippen LogP contribution in [0.3, 0.4) is 0 Å². The van der Waals surface area contributed by atoms with Crippen molar-refractivity contribution in [2.24, 2.45) is 7.05 Å². The second-order valence-corrected chi connectivity index (χ2v) is 5.55. The van der Waals surface area contributed by atoms with E-state index in [9.17, 15) is 0 Å². The van der Waals surface area contributed by atoms with Crippen LogP contribution in [0.2, 0.25) is 0 Å². The van der Waals surface area contributed by atoms with Crippen LogP contribution in [0.25, 0.3) is 11.2 Å². The van der Waals surface area contributed by atoms with Crippen LogP contribution in [0, 0.1) is 0 Å². The van der Waals surface area contributed by atoms with E-state index in [0.717, 1.165) is 17.0 Å². The standard InChI is InChI=1S/C14H22N6O/c1-20-9-16-11-12(17-10-5-3-2-4-6-10)18-14(15-7-8-21)19-13(11)20/h9-10,21H,2-8H2,1H3,(H2,15,17,18,19). The second-order valence-electron chi connectivity index (χ2n) is 5.55. The van der Waals surface area contributed by atoms with Gasteiger partial charge in [0.05, 0.1) is 12.9 Å². The number of hydrogen-bond donors (Lipinski definition) is 3. The summed E-state index contributed by atoms with van der Waals surface area (Å²) in [6, 6.07) is 0.463. The zero-order chi connectivity index (χ0) is 14.7. The van der Waals surface area contributed by atoms with Crippen molar-refractivity contribution in [1.82, 2.24) is 19.5 Å². The number of nitrogens with one attached hydrogen (secondary N) is 2. The summed E-state index contributed by atoms with van der Waals surface area (Å²) in [5.41, 5.74) is 1.60. The van der Waals surface area contributed by atoms with E-state index >= 15 is 0 Å². The number of nitrogens with zero attached hydrogens (tertiary/aromatic N) is 4. The molecule has 0 saturated heterocycles. The van der Waals surface area contributed by atoms with Gasteiger partial charge in [0.1, 0.15) is 0 Å². The molecule has 1 fully saturated rings. The number of aliphatic hydroxyl groups is 1. The van der Waals surface area contributed by atoms with Crippen LogP contribution in [0.15, 0.2) is 6.33 Å². The summed E-state index contributed by atoms with van der Waals surface area (Å²) in [7, 11) is 1.92. The van der Waals surface area contributed by atoms with E-state index in [-0.39, 0.29) is 6.61 Å². The number of rotatable bonds is 5. The average molecular weight is 290 g/mol. The minimum absolute atomic E-state index is 0.0537. The van der Waals surface area contributed by atoms with Crippen LogP contribution in [0.1, 0.15) is 32.1 Å². The SMILES string of the molecule is Cn1cnc2c(NC3CCCCC3)nc(NCCO)nc21. The van der Waals surface area contributed by atoms with Crippen molar-refractivity contribution < 1.29 is 5.11 Å². The van der Waals surface area contributed by atoms with E-state index < -0.39 is 0 Å². The minimum atomic E-state index is 0.0537. The van der Waals surface area contributed by atoms with E-state index in [1.807, 2.05) is 11.6 Å². The van der Waals surface area contributed by atoms with Crippen molar-refractivity contribution in [2.45, 2.75) is 38.1 Å². The van der Waals surface area contributed by atoms with Gasteiger partial charge in [0, 0.05) is 19.6 Å². The molecule has 0 bridgehead atoms. The molecular weight excluding hydrogens is 268 g/mol. The molecule has 7 heteroatoms. The predicted octanol–water partition coefficient (Wildman–Crippen LogP) is 1.51. The molecule has 0 atom stereocenters. The highest BCUT2D eigenvalue weighted by Gasteiger charge is 2.17. The summed E-state index contributed by atoms with van der Waals surface area (Å²) in [5.74, 6) is 1.31. The van der Waals surface area contributed by atoms with Crippen LogP contribution >= 0.6 is 0 Å². The topological polar surface area (TPSA) is 87.9 Å². The molecule has 3 N–H and O–H groups in total. The van der Waals surface area contributed by atoms with Gasteiger partial charge >= 0.3 is 0 Å². The summed E-state index contributed by atoms with van der Waals surface area (Å²) in [4.78, 5) is 13.4. The molecule has 1 aliphatic carbocycles. The molecule has 0 aromatic carbocycles. The predicted molar refractivity (Wildman–Crippen MR) is 82.4 cm³/mol. The molecular formula is C14H22N6O. The molecule has 2 aromatic heterocycles. The Balaban J connectivity index is 1.90. The lowest BCUT2D eigenvalue weighted by Crippen LogP contribution is -2.23. The Hall–Kier alpha value is -1.89. The van der Waals surface area contributed by atoms with Gasteiger partial charge in [-0.15, -0.1) is 0 Å². The van der Waals surface area contributed by atoms with Crippen LogP contribution in [0.4, 0.5) is 11.8 Å². The van der Waals surface area contributed by atoms with E-state index in [1.54, 1.807) is 6.33 Å². The number of imidazole rings is 1. The Bertz CT molecular complexity index is 605. The van der Waals surface area contributed by atoms with Crippen molar-refractivity contribution in [2.75, 3.05) is 23.8 Å². The van der Waals surface area contributed by atoms with Crippen LogP contribution in [-0.2, 0) is 7.05 Å². The summed E-state index contributed by atoms with van der Waals surface area (Å²) < 4.78 is 1.88. The van der Waals surface area contributed by atoms with Gasteiger partial charge in [0.2, 0.25) is 5.95 Å². The number of fused-ring (bicyclic) bond motifs is 1. The van der Waals surface area contributed by atoms with Crippen LogP contribution in [0.5, 0.6) is 0 Å². The quantitative estimate of drug-likeness (QED) is 0.773. The van der Waals surface area contributed by atoms with E-state index in [4.69, 9.17) is 5.11 Å². The van der Waals surface area contributed by atoms with E-state index in [1.165, 1.54) is 32.1 Å². The maximum absolute atomic E-state index is 8.93. The monoisotopic (exact) mass is 290 g/mol. The highest BCUT2D eigenvalue weighted by Crippen LogP contribution is 2.25. The maximum Gasteiger partial charge on any atom is 0.226 e. The molecule has 2 aromatic rings. The lowest BCUT2D eigenvalue weighted by Gasteiger charge is -2.23. The van der Waals surface area contributed by atoms with Crippen molar-refractivity contribution in [1.29, 1.82) is 0 Å². The summed E-state index contributed by atoms with van der Waals surface area (Å²) in [5, 5.41) is 15.5. The zero-order valence-corrected chi connectivity index (χ0v) is 12.3. The average Bonchev–Trinajstić information content (AvgIpc) is 2.88. The first kappa shape index (κ1) is 14.1. The zero-order valence-electron chi connectivity index (χ0n) is 12.3. The van der Waals surface area contributed by atoms with Crippen molar-refractivity contribution >= 4 is 22.9 Å². The van der Waals surface area contributed by atoms with Gasteiger partial charge in [-0.05, 0) is 12.8 Å². The van der Waals surface area contributed by atoms with Crippen molar-refractivity contribution in [3.05, 3.63) is 6.33 Å². The van der Waals surface area contributed by atoms with Gasteiger partial charge in [-0.1, -0.05) is 19.3 Å². The molecule has 7 nitrogen and oxygen atoms in total. The smallest absolute Gasteiger partial charge is 0.226 e. The number of aryl methyl sites for hydroxylation is 1. The molecule has 0 aliphatic heterocycles. The third kappa shape index (κ3) is 3.07. The summed E-state index contributed by atoms with van der Waals surface area (Å²) >= 11 is 0. The summed E-state index contributed by atoms with van der Waals surface area (Å²) in [6.45, 7) is 0.490. The third-order valence-electron chi connectivity index (χ3n) is 3.90. The molecule has 1 saturated carbocycles. The second kappa shape index (κ2) is 6.26. The minimum Gasteiger partial charge on any atom is -0.395 e. The Morgan fingerprint density at radius 1 is 1.29 bits per heavy atom. The first-order valence-corrected chi connectivity index (χ1v) is 7.58. The van der Waals surface area contributed by atoms with Gasteiger partial charge in [0.25, 0.3) is 0 Å². The highest BCUT2D eigenvalue weighted by atomic mass is 16.3. The van der Waals surface area contributed by atoms with E-state index in [2.05, 4.69) is 25.6 Å².